The molecular weight excluding hydrogens is 646 g/mol. The first-order chi connectivity index (χ1) is 17.2. The number of halogens is 3. The predicted molar refractivity (Wildman–Crippen MR) is 144 cm³/mol. The van der Waals surface area contributed by atoms with Gasteiger partial charge in [0.05, 0.1) is 32.6 Å². The summed E-state index contributed by atoms with van der Waals surface area (Å²) in [7, 11) is 0. The Morgan fingerprint density at radius 1 is 1.33 bits per heavy atom. The first-order valence-corrected chi connectivity index (χ1v) is 13.7. The maximum Gasteiger partial charge on any atom is 0.343 e. The Morgan fingerprint density at radius 2 is 2.08 bits per heavy atom. The van der Waals surface area contributed by atoms with Gasteiger partial charge in [-0.1, -0.05) is 22.9 Å². The lowest BCUT2D eigenvalue weighted by atomic mass is 9.87. The van der Waals surface area contributed by atoms with Crippen LogP contribution in [0.3, 0.4) is 0 Å². The molecule has 3 heterocycles. The van der Waals surface area contributed by atoms with E-state index in [2.05, 4.69) is 38.5 Å². The number of nitrogens with zero attached hydrogens (tertiary/aromatic N) is 2. The molecule has 0 radical (unpaired) electrons. The molecule has 2 atom stereocenters. The highest BCUT2D eigenvalue weighted by Gasteiger charge is 2.44. The van der Waals surface area contributed by atoms with Crippen LogP contribution in [0.5, 0.6) is 0 Å². The zero-order valence-corrected chi connectivity index (χ0v) is 23.4. The van der Waals surface area contributed by atoms with Gasteiger partial charge in [-0.3, -0.25) is 4.79 Å². The van der Waals surface area contributed by atoms with Crippen molar-refractivity contribution < 1.29 is 23.8 Å². The summed E-state index contributed by atoms with van der Waals surface area (Å²) < 4.78 is 22.3. The lowest BCUT2D eigenvalue weighted by Crippen LogP contribution is -2.44. The third-order valence-corrected chi connectivity index (χ3v) is 9.42. The van der Waals surface area contributed by atoms with Gasteiger partial charge in [-0.15, -0.1) is 0 Å². The number of cyclic esters (lactones) is 1. The number of aromatic nitrogens is 1. The average molecular weight is 669 g/mol. The Kier molecular flexibility index (Phi) is 6.51. The van der Waals surface area contributed by atoms with E-state index in [0.29, 0.717) is 27.7 Å². The van der Waals surface area contributed by atoms with Crippen molar-refractivity contribution in [3.63, 3.8) is 0 Å². The van der Waals surface area contributed by atoms with E-state index >= 15 is 4.39 Å². The molecule has 1 unspecified atom stereocenters. The van der Waals surface area contributed by atoms with Gasteiger partial charge in [0.1, 0.15) is 18.4 Å². The third-order valence-electron chi connectivity index (χ3n) is 7.34. The van der Waals surface area contributed by atoms with Gasteiger partial charge in [0.15, 0.2) is 5.60 Å². The second kappa shape index (κ2) is 9.24. The highest BCUT2D eigenvalue weighted by atomic mass is 127. The number of hydrogen-bond donors (Lipinski definition) is 1. The van der Waals surface area contributed by atoms with Crippen LogP contribution in [0.25, 0.3) is 5.57 Å². The van der Waals surface area contributed by atoms with E-state index in [1.165, 1.54) is 10.6 Å². The highest BCUT2D eigenvalue weighted by molar-refractivity contribution is 14.1. The second-order valence-corrected chi connectivity index (χ2v) is 11.3. The van der Waals surface area contributed by atoms with Crippen molar-refractivity contribution in [2.24, 2.45) is 0 Å². The van der Waals surface area contributed by atoms with E-state index in [4.69, 9.17) is 4.74 Å². The molecule has 0 amide bonds. The Bertz CT molecular complexity index is 1460. The maximum absolute atomic E-state index is 15.1. The monoisotopic (exact) mass is 668 g/mol. The van der Waals surface area contributed by atoms with Gasteiger partial charge in [0, 0.05) is 34.3 Å². The van der Waals surface area contributed by atoms with E-state index in [-0.39, 0.29) is 52.5 Å². The third kappa shape index (κ3) is 3.56. The van der Waals surface area contributed by atoms with Crippen molar-refractivity contribution in [3.05, 3.63) is 71.6 Å². The Hall–Kier alpha value is -2.27. The number of ether oxygens (including phenoxy) is 1. The topological polar surface area (TPSA) is 88.8 Å². The van der Waals surface area contributed by atoms with Crippen molar-refractivity contribution in [2.45, 2.75) is 56.7 Å². The average Bonchev–Trinajstić information content (AvgIpc) is 3.26. The molecule has 10 heteroatoms. The summed E-state index contributed by atoms with van der Waals surface area (Å²) in [6, 6.07) is 3.00. The van der Waals surface area contributed by atoms with E-state index in [9.17, 15) is 19.5 Å². The van der Waals surface area contributed by atoms with Gasteiger partial charge >= 0.3 is 5.97 Å². The molecule has 0 spiro atoms. The number of benzene rings is 1. The summed E-state index contributed by atoms with van der Waals surface area (Å²) in [6.45, 7) is 4.07. The van der Waals surface area contributed by atoms with E-state index in [1.54, 1.807) is 19.2 Å². The van der Waals surface area contributed by atoms with E-state index in [0.717, 1.165) is 23.4 Å². The molecule has 188 valence electrons. The Labute approximate surface area is 228 Å². The van der Waals surface area contributed by atoms with Gasteiger partial charge in [0.2, 0.25) is 0 Å². The molecule has 2 aliphatic heterocycles. The van der Waals surface area contributed by atoms with Gasteiger partial charge in [-0.2, -0.15) is 0 Å². The number of carbonyl (C=O) groups excluding carboxylic acids is 2. The zero-order chi connectivity index (χ0) is 25.9. The van der Waals surface area contributed by atoms with E-state index < -0.39 is 11.6 Å². The SMILES string of the molecule is CCN1C(Cn2ccc3c(c2=O)COC(=O)[C@]3(O)CC)=C(I)C(=C=O)c2cc(F)c3c(c21)CCC3Br. The smallest absolute Gasteiger partial charge is 0.343 e. The van der Waals surface area contributed by atoms with Crippen LogP contribution in [0.15, 0.2) is 32.4 Å². The number of likely N-dealkylation sites (N-methyl/N-ethyl adjacent to an activating group) is 1. The zero-order valence-electron chi connectivity index (χ0n) is 19.7. The van der Waals surface area contributed by atoms with Crippen molar-refractivity contribution in [3.8, 4) is 0 Å². The number of fused-ring (bicyclic) bond motifs is 4. The minimum absolute atomic E-state index is 0.0788. The van der Waals surface area contributed by atoms with Crippen LogP contribution in [0, 0.1) is 5.82 Å². The van der Waals surface area contributed by atoms with Crippen molar-refractivity contribution in [1.29, 1.82) is 0 Å². The van der Waals surface area contributed by atoms with Crippen LogP contribution in [0.2, 0.25) is 0 Å². The summed E-state index contributed by atoms with van der Waals surface area (Å²) in [5.74, 6) is 0.898. The number of hydrogen-bond acceptors (Lipinski definition) is 6. The molecule has 36 heavy (non-hydrogen) atoms. The van der Waals surface area contributed by atoms with Crippen molar-refractivity contribution >= 4 is 61.7 Å². The fourth-order valence-corrected chi connectivity index (χ4v) is 7.05. The molecule has 2 aromatic rings. The fraction of sp³-hybridized carbons (Fsp3) is 0.385. The standard InChI is InChI=1S/C26H23BrFIN2O5/c1-3-26(35)17-7-8-30(24(33)16(17)12-36-25(26)34)10-20-22(29)15(11-32)14-9-19(28)21-13(5-6-18(21)27)23(14)31(20)4-2/h7-9,18,35H,3-6,10,12H2,1-2H3/t18?,26-/m0/s1. The lowest BCUT2D eigenvalue weighted by molar-refractivity contribution is -0.172. The molecule has 0 fully saturated rings. The molecule has 1 aliphatic carbocycles. The molecule has 1 aromatic carbocycles. The summed E-state index contributed by atoms with van der Waals surface area (Å²) in [5.41, 5.74) is 2.00. The molecule has 5 rings (SSSR count). The summed E-state index contributed by atoms with van der Waals surface area (Å²) >= 11 is 5.63. The van der Waals surface area contributed by atoms with Gasteiger partial charge in [-0.25, -0.2) is 14.0 Å². The minimum Gasteiger partial charge on any atom is -0.458 e. The second-order valence-electron chi connectivity index (χ2n) is 9.07. The van der Waals surface area contributed by atoms with Gasteiger partial charge in [0.25, 0.3) is 5.56 Å². The molecule has 0 bridgehead atoms. The number of aliphatic hydroxyl groups is 1. The highest BCUT2D eigenvalue weighted by Crippen LogP contribution is 2.51. The summed E-state index contributed by atoms with van der Waals surface area (Å²) in [4.78, 5) is 39.7. The molecule has 1 aromatic heterocycles. The summed E-state index contributed by atoms with van der Waals surface area (Å²) in [5, 5.41) is 10.8. The quantitative estimate of drug-likeness (QED) is 0.225. The van der Waals surface area contributed by atoms with Crippen LogP contribution in [-0.4, -0.2) is 28.1 Å². The van der Waals surface area contributed by atoms with Crippen LogP contribution in [-0.2, 0) is 39.5 Å². The summed E-state index contributed by atoms with van der Waals surface area (Å²) in [6.07, 6.45) is 3.04. The van der Waals surface area contributed by atoms with Crippen molar-refractivity contribution in [1.82, 2.24) is 4.57 Å². The maximum atomic E-state index is 15.1. The first-order valence-electron chi connectivity index (χ1n) is 11.7. The number of alkyl halides is 1. The Balaban J connectivity index is 1.65. The van der Waals surface area contributed by atoms with Crippen LogP contribution < -0.4 is 10.5 Å². The molecule has 3 aliphatic rings. The van der Waals surface area contributed by atoms with Crippen molar-refractivity contribution in [2.75, 3.05) is 11.4 Å². The molecule has 7 nitrogen and oxygen atoms in total. The number of carbonyl (C=O) groups is 1. The van der Waals surface area contributed by atoms with Gasteiger partial charge < -0.3 is 19.3 Å². The Morgan fingerprint density at radius 3 is 2.75 bits per heavy atom. The molecule has 0 saturated heterocycles. The number of rotatable bonds is 4. The van der Waals surface area contributed by atoms with E-state index in [1.807, 2.05) is 17.8 Å². The van der Waals surface area contributed by atoms with Crippen LogP contribution in [0.4, 0.5) is 10.1 Å². The minimum atomic E-state index is -1.86. The van der Waals surface area contributed by atoms with Crippen LogP contribution >= 0.6 is 38.5 Å². The fourth-order valence-electron chi connectivity index (χ4n) is 5.47. The first kappa shape index (κ1) is 25.4. The molecular formula is C26H23BrFIN2O5. The lowest BCUT2D eigenvalue weighted by Gasteiger charge is -2.36. The number of pyridine rings is 1. The molecule has 1 N–H and O–H groups in total. The normalized spacial score (nSPS) is 22.7. The van der Waals surface area contributed by atoms with Gasteiger partial charge in [-0.05, 0) is 66.5 Å². The predicted octanol–water partition coefficient (Wildman–Crippen LogP) is 4.43. The number of esters is 1. The molecule has 0 saturated carbocycles. The largest absolute Gasteiger partial charge is 0.458 e. The van der Waals surface area contributed by atoms with Crippen LogP contribution in [0.1, 0.15) is 59.3 Å². The number of allylic oxidation sites excluding steroid dienone is 3. The number of anilines is 1.